The van der Waals surface area contributed by atoms with Crippen LogP contribution in [0.15, 0.2) is 41.3 Å². The molecule has 0 atom stereocenters. The molecule has 2 aromatic carbocycles. The van der Waals surface area contributed by atoms with Crippen LogP contribution in [-0.4, -0.2) is 50.3 Å². The van der Waals surface area contributed by atoms with Gasteiger partial charge in [0.15, 0.2) is 0 Å². The van der Waals surface area contributed by atoms with Crippen molar-refractivity contribution < 1.29 is 22.9 Å². The van der Waals surface area contributed by atoms with Crippen molar-refractivity contribution in [3.05, 3.63) is 52.1 Å². The molecule has 1 saturated carbocycles. The fraction of sp³-hybridized carbons (Fsp3) is 0.350. The molecule has 0 spiro atoms. The third-order valence-electron chi connectivity index (χ3n) is 4.65. The van der Waals surface area contributed by atoms with Gasteiger partial charge in [-0.15, -0.1) is 0 Å². The molecule has 0 bridgehead atoms. The second-order valence-electron chi connectivity index (χ2n) is 7.24. The number of nitro benzene ring substituents is 1. The zero-order valence-electron chi connectivity index (χ0n) is 17.4. The van der Waals surface area contributed by atoms with Crippen molar-refractivity contribution in [3.8, 4) is 5.75 Å². The fourth-order valence-corrected chi connectivity index (χ4v) is 3.91. The van der Waals surface area contributed by atoms with E-state index in [1.54, 1.807) is 6.92 Å². The lowest BCUT2D eigenvalue weighted by molar-refractivity contribution is -0.384. The fourth-order valence-electron chi connectivity index (χ4n) is 2.86. The van der Waals surface area contributed by atoms with Crippen LogP contribution in [0, 0.1) is 10.1 Å². The van der Waals surface area contributed by atoms with E-state index >= 15 is 0 Å². The minimum absolute atomic E-state index is 0.0824. The van der Waals surface area contributed by atoms with E-state index in [0.29, 0.717) is 5.69 Å². The van der Waals surface area contributed by atoms with Gasteiger partial charge in [0, 0.05) is 37.5 Å². The summed E-state index contributed by atoms with van der Waals surface area (Å²) < 4.78 is 31.7. The summed E-state index contributed by atoms with van der Waals surface area (Å²) in [5.41, 5.74) is 0.474. The number of nitrogens with zero attached hydrogens (tertiary/aromatic N) is 2. The van der Waals surface area contributed by atoms with Crippen molar-refractivity contribution >= 4 is 33.0 Å². The number of nitro groups is 1. The van der Waals surface area contributed by atoms with Crippen molar-refractivity contribution in [3.63, 3.8) is 0 Å². The molecule has 1 fully saturated rings. The molecule has 0 aromatic heterocycles. The zero-order valence-corrected chi connectivity index (χ0v) is 18.2. The van der Waals surface area contributed by atoms with Gasteiger partial charge in [-0.2, -0.15) is 0 Å². The molecule has 3 rings (SSSR count). The highest BCUT2D eigenvalue weighted by Gasteiger charge is 2.26. The standard InChI is InChI=1S/C20H24N4O6S/c1-4-30-18-10-8-15(12-19(18)31(28,29)23(2)3)22-20(25)13-5-9-16(21-14-6-7-14)17(11-13)24(26)27/h5,8-12,14,21H,4,6-7H2,1-3H3,(H,22,25). The lowest BCUT2D eigenvalue weighted by atomic mass is 10.1. The number of carbonyl (C=O) groups excluding carboxylic acids is 1. The Balaban J connectivity index is 1.89. The van der Waals surface area contributed by atoms with Gasteiger partial charge in [-0.1, -0.05) is 0 Å². The van der Waals surface area contributed by atoms with Gasteiger partial charge in [0.1, 0.15) is 16.3 Å². The molecular weight excluding hydrogens is 424 g/mol. The number of carbonyl (C=O) groups is 1. The van der Waals surface area contributed by atoms with Crippen LogP contribution in [0.1, 0.15) is 30.1 Å². The predicted molar refractivity (Wildman–Crippen MR) is 116 cm³/mol. The van der Waals surface area contributed by atoms with E-state index in [9.17, 15) is 23.3 Å². The van der Waals surface area contributed by atoms with Crippen LogP contribution in [-0.2, 0) is 10.0 Å². The number of hydrogen-bond donors (Lipinski definition) is 2. The van der Waals surface area contributed by atoms with E-state index < -0.39 is 20.9 Å². The highest BCUT2D eigenvalue weighted by Crippen LogP contribution is 2.32. The van der Waals surface area contributed by atoms with Gasteiger partial charge in [-0.25, -0.2) is 12.7 Å². The molecule has 31 heavy (non-hydrogen) atoms. The van der Waals surface area contributed by atoms with Crippen LogP contribution in [0.2, 0.25) is 0 Å². The maximum Gasteiger partial charge on any atom is 0.293 e. The molecule has 0 radical (unpaired) electrons. The highest BCUT2D eigenvalue weighted by molar-refractivity contribution is 7.89. The number of sulfonamides is 1. The first-order chi connectivity index (χ1) is 14.6. The molecule has 1 amide bonds. The van der Waals surface area contributed by atoms with Gasteiger partial charge in [0.2, 0.25) is 10.0 Å². The monoisotopic (exact) mass is 448 g/mol. The van der Waals surface area contributed by atoms with E-state index in [1.807, 2.05) is 0 Å². The number of rotatable bonds is 9. The van der Waals surface area contributed by atoms with Crippen LogP contribution < -0.4 is 15.4 Å². The third-order valence-corrected chi connectivity index (χ3v) is 6.49. The Morgan fingerprint density at radius 3 is 2.52 bits per heavy atom. The number of anilines is 2. The van der Waals surface area contributed by atoms with Gasteiger partial charge in [-0.05, 0) is 50.1 Å². The van der Waals surface area contributed by atoms with Gasteiger partial charge in [0.25, 0.3) is 11.6 Å². The third kappa shape index (κ3) is 5.12. The lowest BCUT2D eigenvalue weighted by Gasteiger charge is -2.16. The lowest BCUT2D eigenvalue weighted by Crippen LogP contribution is -2.23. The van der Waals surface area contributed by atoms with E-state index in [1.165, 1.54) is 50.5 Å². The predicted octanol–water partition coefficient (Wildman–Crippen LogP) is 3.07. The topological polar surface area (TPSA) is 131 Å². The summed E-state index contributed by atoms with van der Waals surface area (Å²) in [5, 5.41) is 17.1. The Morgan fingerprint density at radius 2 is 1.94 bits per heavy atom. The number of hydrogen-bond acceptors (Lipinski definition) is 7. The Kier molecular flexibility index (Phi) is 6.46. The molecule has 1 aliphatic carbocycles. The summed E-state index contributed by atoms with van der Waals surface area (Å²) in [7, 11) is -1.03. The Labute approximate surface area is 180 Å². The molecule has 0 saturated heterocycles. The van der Waals surface area contributed by atoms with E-state index in [4.69, 9.17) is 4.74 Å². The van der Waals surface area contributed by atoms with Crippen LogP contribution >= 0.6 is 0 Å². The molecule has 0 unspecified atom stereocenters. The quantitative estimate of drug-likeness (QED) is 0.445. The van der Waals surface area contributed by atoms with Crippen molar-refractivity contribution in [2.45, 2.75) is 30.7 Å². The maximum absolute atomic E-state index is 12.7. The van der Waals surface area contributed by atoms with E-state index in [0.717, 1.165) is 17.1 Å². The Hall–Kier alpha value is -3.18. The molecule has 11 heteroatoms. The minimum atomic E-state index is -3.82. The van der Waals surface area contributed by atoms with E-state index in [2.05, 4.69) is 10.6 Å². The summed E-state index contributed by atoms with van der Waals surface area (Å²) in [4.78, 5) is 23.5. The second-order valence-corrected chi connectivity index (χ2v) is 9.36. The molecule has 2 N–H and O–H groups in total. The molecule has 2 aromatic rings. The summed E-state index contributed by atoms with van der Waals surface area (Å²) in [6.07, 6.45) is 1.91. The average molecular weight is 449 g/mol. The molecule has 0 aliphatic heterocycles. The first-order valence-electron chi connectivity index (χ1n) is 9.69. The summed E-state index contributed by atoms with van der Waals surface area (Å²) >= 11 is 0. The van der Waals surface area contributed by atoms with Gasteiger partial charge >= 0.3 is 0 Å². The summed E-state index contributed by atoms with van der Waals surface area (Å²) in [6.45, 7) is 2.00. The molecule has 10 nitrogen and oxygen atoms in total. The van der Waals surface area contributed by atoms with Crippen molar-refractivity contribution in [2.75, 3.05) is 31.3 Å². The summed E-state index contributed by atoms with van der Waals surface area (Å²) in [5.74, 6) is -0.432. The molecule has 0 heterocycles. The van der Waals surface area contributed by atoms with Crippen LogP contribution in [0.5, 0.6) is 5.75 Å². The highest BCUT2D eigenvalue weighted by atomic mass is 32.2. The molecule has 166 valence electrons. The maximum atomic E-state index is 12.7. The number of amides is 1. The number of ether oxygens (including phenoxy) is 1. The Morgan fingerprint density at radius 1 is 1.23 bits per heavy atom. The number of nitrogens with one attached hydrogen (secondary N) is 2. The van der Waals surface area contributed by atoms with E-state index in [-0.39, 0.29) is 40.2 Å². The van der Waals surface area contributed by atoms with Crippen molar-refractivity contribution in [1.82, 2.24) is 4.31 Å². The van der Waals surface area contributed by atoms with Gasteiger partial charge in [-0.3, -0.25) is 14.9 Å². The van der Waals surface area contributed by atoms with Crippen LogP contribution in [0.4, 0.5) is 17.1 Å². The van der Waals surface area contributed by atoms with Gasteiger partial charge < -0.3 is 15.4 Å². The molecule has 1 aliphatic rings. The summed E-state index contributed by atoms with van der Waals surface area (Å²) in [6, 6.07) is 8.68. The first-order valence-corrected chi connectivity index (χ1v) is 11.1. The molecular formula is C20H24N4O6S. The van der Waals surface area contributed by atoms with Crippen molar-refractivity contribution in [2.24, 2.45) is 0 Å². The number of benzene rings is 2. The largest absolute Gasteiger partial charge is 0.492 e. The first kappa shape index (κ1) is 22.5. The Bertz CT molecular complexity index is 1110. The van der Waals surface area contributed by atoms with Gasteiger partial charge in [0.05, 0.1) is 11.5 Å². The average Bonchev–Trinajstić information content (AvgIpc) is 3.53. The zero-order chi connectivity index (χ0) is 22.8. The normalized spacial score (nSPS) is 13.7. The second kappa shape index (κ2) is 8.90. The van der Waals surface area contributed by atoms with Crippen LogP contribution in [0.25, 0.3) is 0 Å². The smallest absolute Gasteiger partial charge is 0.293 e. The van der Waals surface area contributed by atoms with Crippen LogP contribution in [0.3, 0.4) is 0 Å². The SMILES string of the molecule is CCOc1ccc(NC(=O)c2ccc(NC3CC3)c([N+](=O)[O-])c2)cc1S(=O)(=O)N(C)C. The van der Waals surface area contributed by atoms with Crippen molar-refractivity contribution in [1.29, 1.82) is 0 Å². The minimum Gasteiger partial charge on any atom is -0.492 e.